The van der Waals surface area contributed by atoms with Crippen LogP contribution in [0.15, 0.2) is 54.7 Å². The largest absolute Gasteiger partial charge is 0.493 e. The molecule has 1 aliphatic heterocycles. The van der Waals surface area contributed by atoms with E-state index in [0.717, 1.165) is 35.3 Å². The molecule has 1 saturated heterocycles. The molecule has 9 heteroatoms. The molecule has 9 nitrogen and oxygen atoms in total. The van der Waals surface area contributed by atoms with E-state index in [1.54, 1.807) is 11.1 Å². The van der Waals surface area contributed by atoms with Crippen LogP contribution in [-0.2, 0) is 16.1 Å². The molecular formula is C27H33N5O4. The van der Waals surface area contributed by atoms with E-state index in [2.05, 4.69) is 27.3 Å². The second kappa shape index (κ2) is 12.1. The number of aromatic amines is 1. The van der Waals surface area contributed by atoms with E-state index in [0.29, 0.717) is 44.2 Å². The number of ether oxygens (including phenoxy) is 2. The molecule has 1 aromatic heterocycles. The molecule has 4 rings (SSSR count). The van der Waals surface area contributed by atoms with Gasteiger partial charge in [0, 0.05) is 50.4 Å². The van der Waals surface area contributed by atoms with E-state index in [1.165, 1.54) is 6.92 Å². The molecule has 1 fully saturated rings. The van der Waals surface area contributed by atoms with Gasteiger partial charge in [0.15, 0.2) is 0 Å². The summed E-state index contributed by atoms with van der Waals surface area (Å²) in [6, 6.07) is 15.3. The first kappa shape index (κ1) is 25.1. The first-order valence-corrected chi connectivity index (χ1v) is 12.3. The monoisotopic (exact) mass is 491 g/mol. The molecule has 2 aromatic carbocycles. The van der Waals surface area contributed by atoms with E-state index >= 15 is 0 Å². The molecule has 0 spiro atoms. The highest BCUT2D eigenvalue weighted by atomic mass is 16.6. The van der Waals surface area contributed by atoms with Crippen LogP contribution in [0.1, 0.15) is 32.3 Å². The first-order valence-electron chi connectivity index (χ1n) is 12.3. The zero-order valence-electron chi connectivity index (χ0n) is 20.8. The van der Waals surface area contributed by atoms with Gasteiger partial charge in [-0.3, -0.25) is 9.89 Å². The van der Waals surface area contributed by atoms with Gasteiger partial charge in [0.1, 0.15) is 12.4 Å². The fraction of sp³-hybridized carbons (Fsp3) is 0.370. The van der Waals surface area contributed by atoms with E-state index in [1.807, 2.05) is 48.5 Å². The molecule has 2 amide bonds. The summed E-state index contributed by atoms with van der Waals surface area (Å²) < 4.78 is 11.6. The van der Waals surface area contributed by atoms with Crippen LogP contribution in [0.2, 0.25) is 0 Å². The molecule has 190 valence electrons. The summed E-state index contributed by atoms with van der Waals surface area (Å²) in [5, 5.41) is 10.2. The molecule has 0 aliphatic carbocycles. The number of nitrogens with one attached hydrogen (secondary N) is 2. The van der Waals surface area contributed by atoms with Crippen LogP contribution in [0.3, 0.4) is 0 Å². The van der Waals surface area contributed by atoms with Crippen molar-refractivity contribution in [2.45, 2.75) is 33.3 Å². The number of amides is 2. The fourth-order valence-electron chi connectivity index (χ4n) is 4.11. The van der Waals surface area contributed by atoms with Crippen LogP contribution >= 0.6 is 0 Å². The minimum Gasteiger partial charge on any atom is -0.493 e. The van der Waals surface area contributed by atoms with Crippen LogP contribution in [0.25, 0.3) is 11.3 Å². The number of rotatable bonds is 9. The quantitative estimate of drug-likeness (QED) is 0.422. The molecule has 0 radical (unpaired) electrons. The number of H-pyrrole nitrogens is 1. The summed E-state index contributed by atoms with van der Waals surface area (Å²) in [6.07, 6.45) is 3.46. The number of carbonyl (C=O) groups excluding carboxylic acids is 2. The summed E-state index contributed by atoms with van der Waals surface area (Å²) in [6.45, 7) is 6.87. The average Bonchev–Trinajstić information content (AvgIpc) is 3.38. The lowest BCUT2D eigenvalue weighted by atomic mass is 10.1. The average molecular weight is 492 g/mol. The van der Waals surface area contributed by atoms with Gasteiger partial charge in [-0.15, -0.1) is 0 Å². The Labute approximate surface area is 211 Å². The number of benzene rings is 2. The van der Waals surface area contributed by atoms with Gasteiger partial charge < -0.3 is 24.6 Å². The summed E-state index contributed by atoms with van der Waals surface area (Å²) in [5.74, 6) is 0.549. The van der Waals surface area contributed by atoms with Gasteiger partial charge in [-0.2, -0.15) is 5.10 Å². The van der Waals surface area contributed by atoms with Gasteiger partial charge in [-0.1, -0.05) is 43.7 Å². The van der Waals surface area contributed by atoms with E-state index < -0.39 is 0 Å². The Morgan fingerprint density at radius 2 is 1.86 bits per heavy atom. The first-order chi connectivity index (χ1) is 17.5. The molecule has 0 unspecified atom stereocenters. The molecule has 2 N–H and O–H groups in total. The minimum atomic E-state index is -0.300. The van der Waals surface area contributed by atoms with Crippen molar-refractivity contribution in [3.63, 3.8) is 0 Å². The molecule has 36 heavy (non-hydrogen) atoms. The summed E-state index contributed by atoms with van der Waals surface area (Å²) in [5.41, 5.74) is 4.31. The lowest BCUT2D eigenvalue weighted by Gasteiger charge is -2.35. The fourth-order valence-corrected chi connectivity index (χ4v) is 4.11. The van der Waals surface area contributed by atoms with Crippen LogP contribution in [0, 0.1) is 0 Å². The van der Waals surface area contributed by atoms with Crippen molar-refractivity contribution in [2.75, 3.05) is 43.0 Å². The Kier molecular flexibility index (Phi) is 8.44. The molecule has 2 heterocycles. The van der Waals surface area contributed by atoms with Crippen molar-refractivity contribution in [1.82, 2.24) is 15.1 Å². The normalized spacial score (nSPS) is 13.4. The lowest BCUT2D eigenvalue weighted by Crippen LogP contribution is -2.49. The zero-order chi connectivity index (χ0) is 25.3. The van der Waals surface area contributed by atoms with Crippen molar-refractivity contribution in [3.05, 3.63) is 60.3 Å². The molecule has 0 bridgehead atoms. The van der Waals surface area contributed by atoms with Gasteiger partial charge in [0.2, 0.25) is 5.91 Å². The number of hydrogen-bond donors (Lipinski definition) is 2. The Morgan fingerprint density at radius 1 is 1.08 bits per heavy atom. The Hall–Kier alpha value is -4.01. The highest BCUT2D eigenvalue weighted by molar-refractivity contribution is 5.90. The predicted molar refractivity (Wildman–Crippen MR) is 139 cm³/mol. The maximum Gasteiger partial charge on any atom is 0.410 e. The van der Waals surface area contributed by atoms with Gasteiger partial charge >= 0.3 is 6.09 Å². The topological polar surface area (TPSA) is 99.8 Å². The van der Waals surface area contributed by atoms with Crippen molar-refractivity contribution < 1.29 is 19.1 Å². The lowest BCUT2D eigenvalue weighted by molar-refractivity contribution is -0.114. The van der Waals surface area contributed by atoms with Gasteiger partial charge in [-0.05, 0) is 24.1 Å². The van der Waals surface area contributed by atoms with Gasteiger partial charge in [-0.25, -0.2) is 4.79 Å². The molecule has 0 saturated carbocycles. The smallest absolute Gasteiger partial charge is 0.410 e. The number of piperazine rings is 1. The minimum absolute atomic E-state index is 0.135. The Bertz CT molecular complexity index is 1160. The van der Waals surface area contributed by atoms with E-state index in [-0.39, 0.29) is 18.6 Å². The summed E-state index contributed by atoms with van der Waals surface area (Å²) in [4.78, 5) is 28.0. The van der Waals surface area contributed by atoms with Crippen molar-refractivity contribution in [2.24, 2.45) is 0 Å². The maximum absolute atomic E-state index is 12.6. The van der Waals surface area contributed by atoms with Gasteiger partial charge in [0.25, 0.3) is 0 Å². The van der Waals surface area contributed by atoms with Crippen molar-refractivity contribution in [3.8, 4) is 17.0 Å². The van der Waals surface area contributed by atoms with Crippen molar-refractivity contribution in [1.29, 1.82) is 0 Å². The molecule has 1 aliphatic rings. The standard InChI is InChI=1S/C27H33N5O4/c1-3-4-16-35-25-17-22(29-20(2)33)10-11-23(25)26-24(18-28-30-26)31-12-14-32(15-13-31)27(34)36-19-21-8-6-5-7-9-21/h5-11,17-18H,3-4,12-16,19H2,1-2H3,(H,28,30)(H,29,33). The van der Waals surface area contributed by atoms with Gasteiger partial charge in [0.05, 0.1) is 24.2 Å². The van der Waals surface area contributed by atoms with Crippen LogP contribution in [-0.4, -0.2) is 59.9 Å². The van der Waals surface area contributed by atoms with Crippen LogP contribution in [0.5, 0.6) is 5.75 Å². The number of carbonyl (C=O) groups is 2. The SMILES string of the molecule is CCCCOc1cc(NC(C)=O)ccc1-c1[nH]ncc1N1CCN(C(=O)OCc2ccccc2)CC1. The maximum atomic E-state index is 12.6. The Morgan fingerprint density at radius 3 is 2.58 bits per heavy atom. The second-order valence-corrected chi connectivity index (χ2v) is 8.74. The second-order valence-electron chi connectivity index (χ2n) is 8.74. The Balaban J connectivity index is 1.43. The number of hydrogen-bond acceptors (Lipinski definition) is 6. The van der Waals surface area contributed by atoms with Crippen LogP contribution < -0.4 is 15.0 Å². The highest BCUT2D eigenvalue weighted by Crippen LogP contribution is 2.37. The van der Waals surface area contributed by atoms with Crippen LogP contribution in [0.4, 0.5) is 16.2 Å². The number of anilines is 2. The number of unbranched alkanes of at least 4 members (excludes halogenated alkanes) is 1. The summed E-state index contributed by atoms with van der Waals surface area (Å²) in [7, 11) is 0. The van der Waals surface area contributed by atoms with Crippen molar-refractivity contribution >= 4 is 23.4 Å². The third-order valence-corrected chi connectivity index (χ3v) is 6.03. The number of nitrogens with zero attached hydrogens (tertiary/aromatic N) is 3. The molecular weight excluding hydrogens is 458 g/mol. The molecule has 3 aromatic rings. The molecule has 0 atom stereocenters. The zero-order valence-corrected chi connectivity index (χ0v) is 20.8. The van der Waals surface area contributed by atoms with E-state index in [9.17, 15) is 9.59 Å². The third-order valence-electron chi connectivity index (χ3n) is 6.03. The summed E-state index contributed by atoms with van der Waals surface area (Å²) >= 11 is 0. The van der Waals surface area contributed by atoms with E-state index in [4.69, 9.17) is 9.47 Å². The third kappa shape index (κ3) is 6.35. The highest BCUT2D eigenvalue weighted by Gasteiger charge is 2.25. The number of aromatic nitrogens is 2. The predicted octanol–water partition coefficient (Wildman–Crippen LogP) is 4.67.